The molecule has 0 bridgehead atoms. The van der Waals surface area contributed by atoms with Gasteiger partial charge in [-0.15, -0.1) is 4.40 Å². The number of hydrogen-bond donors (Lipinski definition) is 1. The molecule has 0 aliphatic rings. The van der Waals surface area contributed by atoms with Crippen molar-refractivity contribution in [2.24, 2.45) is 4.40 Å². The van der Waals surface area contributed by atoms with Gasteiger partial charge in [0, 0.05) is 11.6 Å². The number of hydrogen-bond acceptors (Lipinski definition) is 2. The first-order valence-corrected chi connectivity index (χ1v) is 9.48. The van der Waals surface area contributed by atoms with Crippen LogP contribution in [-0.4, -0.2) is 14.3 Å². The molecule has 138 valence electrons. The van der Waals surface area contributed by atoms with Crippen LogP contribution in [0.1, 0.15) is 11.1 Å². The van der Waals surface area contributed by atoms with E-state index in [0.717, 1.165) is 11.6 Å². The fraction of sp³-hybridized carbons (Fsp3) is 0.0500. The number of rotatable bonds is 4. The van der Waals surface area contributed by atoms with Gasteiger partial charge in [0.2, 0.25) is 0 Å². The molecule has 3 aromatic carbocycles. The van der Waals surface area contributed by atoms with Crippen molar-refractivity contribution < 1.29 is 17.2 Å². The van der Waals surface area contributed by atoms with Crippen LogP contribution < -0.4 is 5.32 Å². The molecule has 0 spiro atoms. The fourth-order valence-electron chi connectivity index (χ4n) is 2.35. The van der Waals surface area contributed by atoms with Gasteiger partial charge >= 0.3 is 0 Å². The molecule has 0 heterocycles. The Hall–Kier alpha value is -3.06. The van der Waals surface area contributed by atoms with Crippen LogP contribution in [0.2, 0.25) is 0 Å². The van der Waals surface area contributed by atoms with Crippen molar-refractivity contribution in [3.05, 3.63) is 95.6 Å². The normalized spacial score (nSPS) is 12.0. The number of nitrogens with one attached hydrogen (secondary N) is 1. The lowest BCUT2D eigenvalue weighted by Crippen LogP contribution is -2.17. The Labute approximate surface area is 156 Å². The van der Waals surface area contributed by atoms with Crippen molar-refractivity contribution in [2.45, 2.75) is 11.8 Å². The molecule has 0 radical (unpaired) electrons. The van der Waals surface area contributed by atoms with E-state index in [1.165, 1.54) is 18.2 Å². The zero-order valence-electron chi connectivity index (χ0n) is 14.4. The zero-order valence-corrected chi connectivity index (χ0v) is 15.2. The van der Waals surface area contributed by atoms with Crippen LogP contribution in [0, 0.1) is 18.6 Å². The van der Waals surface area contributed by atoms with E-state index in [9.17, 15) is 17.2 Å². The van der Waals surface area contributed by atoms with Gasteiger partial charge in [-0.25, -0.2) is 8.78 Å². The summed E-state index contributed by atoms with van der Waals surface area (Å²) in [5, 5.41) is 2.66. The van der Waals surface area contributed by atoms with Crippen LogP contribution in [0.5, 0.6) is 0 Å². The number of aryl methyl sites for hydroxylation is 1. The quantitative estimate of drug-likeness (QED) is 0.530. The third kappa shape index (κ3) is 4.57. The Morgan fingerprint density at radius 3 is 2.22 bits per heavy atom. The summed E-state index contributed by atoms with van der Waals surface area (Å²) < 4.78 is 56.4. The van der Waals surface area contributed by atoms with Crippen LogP contribution in [0.4, 0.5) is 14.5 Å². The third-order valence-electron chi connectivity index (χ3n) is 3.76. The molecule has 7 heteroatoms. The second-order valence-corrected chi connectivity index (χ2v) is 7.45. The fourth-order valence-corrected chi connectivity index (χ4v) is 3.32. The van der Waals surface area contributed by atoms with E-state index in [-0.39, 0.29) is 16.4 Å². The van der Waals surface area contributed by atoms with Gasteiger partial charge in [-0.2, -0.15) is 8.42 Å². The molecule has 0 unspecified atom stereocenters. The molecule has 0 aromatic heterocycles. The van der Waals surface area contributed by atoms with Crippen LogP contribution in [0.25, 0.3) is 0 Å². The van der Waals surface area contributed by atoms with Crippen LogP contribution in [0.15, 0.2) is 82.1 Å². The molecule has 0 aliphatic heterocycles. The topological polar surface area (TPSA) is 58.5 Å². The Bertz CT molecular complexity index is 1080. The lowest BCUT2D eigenvalue weighted by atomic mass is 10.2. The summed E-state index contributed by atoms with van der Waals surface area (Å²) in [6, 6.07) is 17.6. The predicted molar refractivity (Wildman–Crippen MR) is 101 cm³/mol. The van der Waals surface area contributed by atoms with Crippen molar-refractivity contribution in [1.82, 2.24) is 0 Å². The molecular weight excluding hydrogens is 370 g/mol. The van der Waals surface area contributed by atoms with E-state index in [1.807, 2.05) is 6.92 Å². The number of nitrogens with zero attached hydrogens (tertiary/aromatic N) is 1. The minimum Gasteiger partial charge on any atom is -0.337 e. The van der Waals surface area contributed by atoms with Crippen LogP contribution in [-0.2, 0) is 10.0 Å². The van der Waals surface area contributed by atoms with E-state index in [1.54, 1.807) is 42.5 Å². The minimum absolute atomic E-state index is 0.0166. The minimum atomic E-state index is -4.04. The largest absolute Gasteiger partial charge is 0.337 e. The molecule has 0 aliphatic carbocycles. The van der Waals surface area contributed by atoms with Gasteiger partial charge in [-0.3, -0.25) is 0 Å². The van der Waals surface area contributed by atoms with E-state index < -0.39 is 21.7 Å². The Morgan fingerprint density at radius 1 is 0.926 bits per heavy atom. The van der Waals surface area contributed by atoms with Gasteiger partial charge in [-0.05, 0) is 31.2 Å². The van der Waals surface area contributed by atoms with E-state index in [4.69, 9.17) is 0 Å². The van der Waals surface area contributed by atoms with Crippen LogP contribution in [0.3, 0.4) is 0 Å². The Kier molecular flexibility index (Phi) is 5.32. The summed E-state index contributed by atoms with van der Waals surface area (Å²) in [5.74, 6) is -1.66. The average molecular weight is 386 g/mol. The number of sulfonamides is 1. The second-order valence-electron chi connectivity index (χ2n) is 5.84. The summed E-state index contributed by atoms with van der Waals surface area (Å²) >= 11 is 0. The van der Waals surface area contributed by atoms with Crippen molar-refractivity contribution in [1.29, 1.82) is 0 Å². The molecule has 0 saturated carbocycles. The molecule has 0 saturated heterocycles. The van der Waals surface area contributed by atoms with Gasteiger partial charge in [-0.1, -0.05) is 48.0 Å². The zero-order chi connectivity index (χ0) is 19.4. The van der Waals surface area contributed by atoms with E-state index >= 15 is 0 Å². The first-order chi connectivity index (χ1) is 12.8. The maximum Gasteiger partial charge on any atom is 0.284 e. The number of amidine groups is 1. The molecule has 0 amide bonds. The molecule has 3 aromatic rings. The average Bonchev–Trinajstić information content (AvgIpc) is 2.64. The standard InChI is InChI=1S/C20H16F2N2O2S/c1-14-7-10-17(11-8-14)27(25,26)24-20(15-5-3-2-4-6-15)23-19-12-9-16(21)13-18(19)22/h2-13H,1H3,(H,23,24). The van der Waals surface area contributed by atoms with Gasteiger partial charge in [0.1, 0.15) is 11.6 Å². The number of anilines is 1. The Morgan fingerprint density at radius 2 is 1.59 bits per heavy atom. The van der Waals surface area contributed by atoms with Gasteiger partial charge in [0.15, 0.2) is 5.84 Å². The van der Waals surface area contributed by atoms with Crippen LogP contribution >= 0.6 is 0 Å². The molecule has 1 N–H and O–H groups in total. The molecule has 0 fully saturated rings. The van der Waals surface area contributed by atoms with E-state index in [2.05, 4.69) is 9.71 Å². The SMILES string of the molecule is Cc1ccc(S(=O)(=O)/N=C(/Nc2ccc(F)cc2F)c2ccccc2)cc1. The van der Waals surface area contributed by atoms with Crippen molar-refractivity contribution >= 4 is 21.5 Å². The van der Waals surface area contributed by atoms with E-state index in [0.29, 0.717) is 11.6 Å². The number of halogens is 2. The van der Waals surface area contributed by atoms with Crippen molar-refractivity contribution in [3.63, 3.8) is 0 Å². The molecule has 27 heavy (non-hydrogen) atoms. The first-order valence-electron chi connectivity index (χ1n) is 8.04. The highest BCUT2D eigenvalue weighted by molar-refractivity contribution is 7.90. The molecule has 4 nitrogen and oxygen atoms in total. The summed E-state index contributed by atoms with van der Waals surface area (Å²) in [5.41, 5.74) is 1.27. The maximum absolute atomic E-state index is 14.0. The number of benzene rings is 3. The third-order valence-corrected chi connectivity index (χ3v) is 5.05. The smallest absolute Gasteiger partial charge is 0.284 e. The van der Waals surface area contributed by atoms with Gasteiger partial charge in [0.25, 0.3) is 10.0 Å². The summed E-state index contributed by atoms with van der Waals surface area (Å²) in [6.45, 7) is 1.84. The first kappa shape index (κ1) is 18.7. The highest BCUT2D eigenvalue weighted by Crippen LogP contribution is 2.19. The van der Waals surface area contributed by atoms with Crippen molar-refractivity contribution in [3.8, 4) is 0 Å². The van der Waals surface area contributed by atoms with Gasteiger partial charge < -0.3 is 5.32 Å². The second kappa shape index (κ2) is 7.67. The monoisotopic (exact) mass is 386 g/mol. The summed E-state index contributed by atoms with van der Waals surface area (Å²) in [7, 11) is -4.04. The lowest BCUT2D eigenvalue weighted by Gasteiger charge is -2.11. The maximum atomic E-state index is 14.0. The Balaban J connectivity index is 2.07. The summed E-state index contributed by atoms with van der Waals surface area (Å²) in [6.07, 6.45) is 0. The lowest BCUT2D eigenvalue weighted by molar-refractivity contribution is 0.586. The highest BCUT2D eigenvalue weighted by atomic mass is 32.2. The molecule has 0 atom stereocenters. The highest BCUT2D eigenvalue weighted by Gasteiger charge is 2.17. The predicted octanol–water partition coefficient (Wildman–Crippen LogP) is 4.52. The van der Waals surface area contributed by atoms with Crippen molar-refractivity contribution in [2.75, 3.05) is 5.32 Å². The molecule has 3 rings (SSSR count). The van der Waals surface area contributed by atoms with Gasteiger partial charge in [0.05, 0.1) is 10.6 Å². The summed E-state index contributed by atoms with van der Waals surface area (Å²) in [4.78, 5) is 0.0166. The molecular formula is C20H16F2N2O2S.